The van der Waals surface area contributed by atoms with Gasteiger partial charge in [0.05, 0.1) is 12.3 Å². The van der Waals surface area contributed by atoms with Gasteiger partial charge in [0.2, 0.25) is 0 Å². The summed E-state index contributed by atoms with van der Waals surface area (Å²) in [6.45, 7) is 2.37. The first-order chi connectivity index (χ1) is 7.45. The number of rotatable bonds is 5. The molecule has 0 aliphatic rings. The van der Waals surface area contributed by atoms with E-state index < -0.39 is 10.1 Å². The maximum Gasteiger partial charge on any atom is 0.298 e. The van der Waals surface area contributed by atoms with Crippen LogP contribution in [0.5, 0.6) is 5.75 Å². The normalized spacial score (nSPS) is 11.4. The van der Waals surface area contributed by atoms with Crippen LogP contribution in [0.25, 0.3) is 0 Å². The summed E-state index contributed by atoms with van der Waals surface area (Å²) in [7, 11) is -4.34. The molecule has 5 nitrogen and oxygen atoms in total. The predicted molar refractivity (Wildman–Crippen MR) is 59.4 cm³/mol. The van der Waals surface area contributed by atoms with Crippen molar-refractivity contribution in [3.63, 3.8) is 0 Å². The highest BCUT2D eigenvalue weighted by atomic mass is 32.2. The van der Waals surface area contributed by atoms with E-state index in [-0.39, 0.29) is 16.3 Å². The molecule has 16 heavy (non-hydrogen) atoms. The van der Waals surface area contributed by atoms with Gasteiger partial charge in [-0.25, -0.2) is 0 Å². The summed E-state index contributed by atoms with van der Waals surface area (Å²) in [5, 5.41) is 0. The fraction of sp³-hybridized carbons (Fsp3) is 0.400. The zero-order valence-electron chi connectivity index (χ0n) is 8.93. The quantitative estimate of drug-likeness (QED) is 0.634. The first-order valence-corrected chi connectivity index (χ1v) is 6.35. The number of benzene rings is 1. The Morgan fingerprint density at radius 2 is 2.12 bits per heavy atom. The van der Waals surface area contributed by atoms with Gasteiger partial charge in [-0.1, -0.05) is 13.3 Å². The zero-order chi connectivity index (χ0) is 12.2. The summed E-state index contributed by atoms with van der Waals surface area (Å²) in [4.78, 5) is -0.351. The van der Waals surface area contributed by atoms with E-state index in [9.17, 15) is 8.42 Å². The van der Waals surface area contributed by atoms with Crippen LogP contribution in [-0.4, -0.2) is 19.6 Å². The minimum atomic E-state index is -4.34. The van der Waals surface area contributed by atoms with E-state index in [1.165, 1.54) is 12.1 Å². The van der Waals surface area contributed by atoms with Crippen molar-refractivity contribution in [3.05, 3.63) is 18.2 Å². The Balaban J connectivity index is 2.99. The van der Waals surface area contributed by atoms with Gasteiger partial charge in [-0.2, -0.15) is 8.42 Å². The lowest BCUT2D eigenvalue weighted by molar-refractivity contribution is 0.300. The van der Waals surface area contributed by atoms with Gasteiger partial charge in [-0.15, -0.1) is 0 Å². The fourth-order valence-electron chi connectivity index (χ4n) is 1.16. The molecule has 0 saturated carbocycles. The molecule has 0 aliphatic heterocycles. The molecule has 0 bridgehead atoms. The molecule has 0 atom stereocenters. The van der Waals surface area contributed by atoms with E-state index in [1.54, 1.807) is 0 Å². The monoisotopic (exact) mass is 244 g/mol. The second-order valence-corrected chi connectivity index (χ2v) is 4.73. The van der Waals surface area contributed by atoms with Crippen molar-refractivity contribution in [2.24, 2.45) is 0 Å². The van der Waals surface area contributed by atoms with E-state index in [0.717, 1.165) is 18.9 Å². The van der Waals surface area contributed by atoms with Crippen LogP contribution in [0.4, 0.5) is 5.69 Å². The highest BCUT2D eigenvalue weighted by molar-refractivity contribution is 7.86. The Bertz CT molecular complexity index is 456. The Kier molecular flexibility index (Phi) is 4.14. The van der Waals surface area contributed by atoms with Crippen LogP contribution in [0, 0.1) is 0 Å². The number of hydrogen-bond acceptors (Lipinski definition) is 3. The molecule has 0 aromatic heterocycles. The Morgan fingerprint density at radius 3 is 2.69 bits per heavy atom. The molecule has 0 fully saturated rings. The Hall–Kier alpha value is -1.27. The van der Waals surface area contributed by atoms with Crippen LogP contribution in [0.3, 0.4) is 0 Å². The summed E-state index contributed by atoms with van der Waals surface area (Å²) in [5.41, 5.74) is 7.30. The van der Waals surface area contributed by atoms with Crippen molar-refractivity contribution in [3.8, 4) is 5.75 Å². The van der Waals surface area contributed by atoms with Crippen molar-refractivity contribution in [2.75, 3.05) is 6.61 Å². The van der Waals surface area contributed by atoms with Crippen molar-refractivity contribution >= 4 is 15.8 Å². The third-order valence-corrected chi connectivity index (χ3v) is 2.85. The largest absolute Gasteiger partial charge is 0.492 e. The third kappa shape index (κ3) is 3.39. The van der Waals surface area contributed by atoms with Crippen LogP contribution < -0.4 is 10.5 Å². The Morgan fingerprint density at radius 1 is 1.44 bits per heavy atom. The first kappa shape index (κ1) is 12.8. The summed E-state index contributed by atoms with van der Waals surface area (Å²) in [6, 6.07) is 3.85. The molecule has 0 aliphatic carbocycles. The lowest BCUT2D eigenvalue weighted by atomic mass is 10.3. The fourth-order valence-corrected chi connectivity index (χ4v) is 1.81. The molecular formula is C10H14NO4S. The van der Waals surface area contributed by atoms with Gasteiger partial charge in [0.1, 0.15) is 10.6 Å². The maximum atomic E-state index is 11.0. The molecule has 0 saturated heterocycles. The smallest absolute Gasteiger partial charge is 0.298 e. The lowest BCUT2D eigenvalue weighted by Gasteiger charge is -2.09. The highest BCUT2D eigenvalue weighted by Gasteiger charge is 2.17. The maximum absolute atomic E-state index is 11.0. The standard InChI is InChI=1S/C10H14NO4S/c1-2-3-6-15-9-5-4-8(11)7-10(9)16(12,13)14/h4-5,7,11H,2-3,6H2,1H3,(H,12,13,14). The van der Waals surface area contributed by atoms with E-state index in [4.69, 9.17) is 15.0 Å². The van der Waals surface area contributed by atoms with E-state index in [0.29, 0.717) is 6.61 Å². The van der Waals surface area contributed by atoms with Crippen molar-refractivity contribution in [1.29, 1.82) is 0 Å². The molecular weight excluding hydrogens is 230 g/mol. The molecule has 1 aromatic carbocycles. The zero-order valence-corrected chi connectivity index (χ0v) is 9.75. The third-order valence-electron chi connectivity index (χ3n) is 1.98. The molecule has 1 radical (unpaired) electrons. The number of hydrogen-bond donors (Lipinski definition) is 1. The molecule has 1 rings (SSSR count). The molecule has 0 unspecified atom stereocenters. The van der Waals surface area contributed by atoms with E-state index >= 15 is 0 Å². The number of unbranched alkanes of at least 4 members (excludes halogenated alkanes) is 1. The van der Waals surface area contributed by atoms with Gasteiger partial charge < -0.3 is 10.5 Å². The second-order valence-electron chi connectivity index (χ2n) is 3.34. The summed E-state index contributed by atoms with van der Waals surface area (Å²) in [5.74, 6) is 0.0898. The molecule has 1 aromatic rings. The van der Waals surface area contributed by atoms with E-state index in [2.05, 4.69) is 0 Å². The number of nitrogens with one attached hydrogen (secondary N) is 1. The summed E-state index contributed by atoms with van der Waals surface area (Å²) < 4.78 is 36.3. The average molecular weight is 244 g/mol. The second kappa shape index (κ2) is 5.18. The van der Waals surface area contributed by atoms with Gasteiger partial charge in [0, 0.05) is 0 Å². The van der Waals surface area contributed by atoms with Gasteiger partial charge in [-0.3, -0.25) is 4.55 Å². The molecule has 89 valence electrons. The minimum Gasteiger partial charge on any atom is -0.492 e. The van der Waals surface area contributed by atoms with Crippen molar-refractivity contribution in [2.45, 2.75) is 24.7 Å². The van der Waals surface area contributed by atoms with Crippen LogP contribution in [0.15, 0.2) is 23.1 Å². The topological polar surface area (TPSA) is 87.4 Å². The lowest BCUT2D eigenvalue weighted by Crippen LogP contribution is -2.04. The van der Waals surface area contributed by atoms with Gasteiger partial charge in [-0.05, 0) is 24.6 Å². The highest BCUT2D eigenvalue weighted by Crippen LogP contribution is 2.26. The minimum absolute atomic E-state index is 0.00969. The SMILES string of the molecule is CCCCOc1ccc([NH])cc1S(=O)(=O)O. The van der Waals surface area contributed by atoms with Crippen LogP contribution >= 0.6 is 0 Å². The molecule has 6 heteroatoms. The molecule has 0 amide bonds. The number of ether oxygens (including phenoxy) is 1. The van der Waals surface area contributed by atoms with Crippen LogP contribution in [0.2, 0.25) is 0 Å². The van der Waals surface area contributed by atoms with Gasteiger partial charge in [0.15, 0.2) is 0 Å². The van der Waals surface area contributed by atoms with Crippen molar-refractivity contribution < 1.29 is 17.7 Å². The van der Waals surface area contributed by atoms with Crippen molar-refractivity contribution in [1.82, 2.24) is 5.73 Å². The summed E-state index contributed by atoms with van der Waals surface area (Å²) >= 11 is 0. The molecule has 0 heterocycles. The predicted octanol–water partition coefficient (Wildman–Crippen LogP) is 2.03. The van der Waals surface area contributed by atoms with Gasteiger partial charge >= 0.3 is 0 Å². The van der Waals surface area contributed by atoms with Crippen LogP contribution in [0.1, 0.15) is 19.8 Å². The van der Waals surface area contributed by atoms with Gasteiger partial charge in [0.25, 0.3) is 10.1 Å². The summed E-state index contributed by atoms with van der Waals surface area (Å²) in [6.07, 6.45) is 1.73. The first-order valence-electron chi connectivity index (χ1n) is 4.91. The average Bonchev–Trinajstić information content (AvgIpc) is 2.19. The molecule has 2 N–H and O–H groups in total. The van der Waals surface area contributed by atoms with E-state index in [1.807, 2.05) is 6.92 Å². The Labute approximate surface area is 95.0 Å². The van der Waals surface area contributed by atoms with Crippen LogP contribution in [-0.2, 0) is 10.1 Å². The molecule has 0 spiro atoms.